The third kappa shape index (κ3) is 7.01. The number of rotatable bonds is 7. The summed E-state index contributed by atoms with van der Waals surface area (Å²) in [5, 5.41) is 4.96. The third-order valence-electron chi connectivity index (χ3n) is 3.70. The highest BCUT2D eigenvalue weighted by Crippen LogP contribution is 2.19. The first-order valence-electron chi connectivity index (χ1n) is 8.31. The zero-order chi connectivity index (χ0) is 18.5. The van der Waals surface area contributed by atoms with Gasteiger partial charge in [0.2, 0.25) is 11.8 Å². The molecule has 0 fully saturated rings. The van der Waals surface area contributed by atoms with Crippen molar-refractivity contribution in [2.24, 2.45) is 0 Å². The van der Waals surface area contributed by atoms with Crippen molar-refractivity contribution in [3.8, 4) is 0 Å². The molecule has 2 amide bonds. The molecule has 136 valence electrons. The highest BCUT2D eigenvalue weighted by molar-refractivity contribution is 7.10. The predicted octanol–water partition coefficient (Wildman–Crippen LogP) is 2.64. The van der Waals surface area contributed by atoms with E-state index in [4.69, 9.17) is 0 Å². The normalized spacial score (nSPS) is 11.9. The number of aryl methyl sites for hydroxylation is 1. The molecule has 6 heteroatoms. The maximum absolute atomic E-state index is 12.5. The molecule has 0 atom stereocenters. The first kappa shape index (κ1) is 20.6. The second-order valence-electron chi connectivity index (χ2n) is 7.57. The second-order valence-corrected chi connectivity index (χ2v) is 8.57. The first-order chi connectivity index (χ1) is 11.0. The van der Waals surface area contributed by atoms with Crippen molar-refractivity contribution in [2.45, 2.75) is 59.7 Å². The number of carbonyl (C=O) groups excluding carboxylic acids is 2. The van der Waals surface area contributed by atoms with Crippen molar-refractivity contribution in [1.82, 2.24) is 15.1 Å². The number of nitrogens with one attached hydrogen (secondary N) is 1. The maximum atomic E-state index is 12.5. The summed E-state index contributed by atoms with van der Waals surface area (Å²) in [4.78, 5) is 29.4. The van der Waals surface area contributed by atoms with Crippen molar-refractivity contribution in [3.05, 3.63) is 21.9 Å². The minimum Gasteiger partial charge on any atom is -0.350 e. The highest BCUT2D eigenvalue weighted by atomic mass is 32.1. The van der Waals surface area contributed by atoms with Crippen LogP contribution in [0.5, 0.6) is 0 Å². The summed E-state index contributed by atoms with van der Waals surface area (Å²) in [5.41, 5.74) is 0.970. The molecule has 1 N–H and O–H groups in total. The van der Waals surface area contributed by atoms with E-state index in [1.807, 2.05) is 20.8 Å². The second kappa shape index (κ2) is 8.62. The van der Waals surface area contributed by atoms with E-state index < -0.39 is 0 Å². The number of likely N-dealkylation sites (N-methyl/N-ethyl adjacent to an activating group) is 1. The topological polar surface area (TPSA) is 52.7 Å². The number of hydrogen-bond acceptors (Lipinski definition) is 4. The van der Waals surface area contributed by atoms with Crippen molar-refractivity contribution >= 4 is 23.2 Å². The Hall–Kier alpha value is -1.40. The summed E-state index contributed by atoms with van der Waals surface area (Å²) in [6.45, 7) is 13.2. The molecule has 0 aliphatic rings. The van der Waals surface area contributed by atoms with Gasteiger partial charge in [-0.2, -0.15) is 0 Å². The number of carbonyl (C=O) groups is 2. The van der Waals surface area contributed by atoms with Gasteiger partial charge in [0.15, 0.2) is 0 Å². The Balaban J connectivity index is 2.61. The quantitative estimate of drug-likeness (QED) is 0.820. The largest absolute Gasteiger partial charge is 0.350 e. The molecule has 1 aromatic rings. The lowest BCUT2D eigenvalue weighted by atomic mass is 10.1. The van der Waals surface area contributed by atoms with E-state index in [0.29, 0.717) is 6.54 Å². The van der Waals surface area contributed by atoms with E-state index in [1.54, 1.807) is 18.4 Å². The predicted molar refractivity (Wildman–Crippen MR) is 100 cm³/mol. The standard InChI is InChI=1S/C18H31N3O2S/c1-13(2)21(10-15-14(3)8-9-24-15)12-17(23)20(7)11-16(22)19-18(4,5)6/h8-9,13H,10-12H2,1-7H3,(H,19,22). The van der Waals surface area contributed by atoms with Crippen LogP contribution in [0.3, 0.4) is 0 Å². The molecule has 0 radical (unpaired) electrons. The Morgan fingerprint density at radius 3 is 2.33 bits per heavy atom. The zero-order valence-electron chi connectivity index (χ0n) is 16.0. The van der Waals surface area contributed by atoms with Crippen LogP contribution in [-0.2, 0) is 16.1 Å². The van der Waals surface area contributed by atoms with Crippen LogP contribution in [0.25, 0.3) is 0 Å². The molecule has 0 saturated carbocycles. The minimum absolute atomic E-state index is 0.0398. The average molecular weight is 354 g/mol. The highest BCUT2D eigenvalue weighted by Gasteiger charge is 2.21. The van der Waals surface area contributed by atoms with Crippen LogP contribution < -0.4 is 5.32 Å². The van der Waals surface area contributed by atoms with Crippen molar-refractivity contribution in [3.63, 3.8) is 0 Å². The van der Waals surface area contributed by atoms with Crippen LogP contribution in [0, 0.1) is 6.92 Å². The van der Waals surface area contributed by atoms with E-state index in [-0.39, 0.29) is 29.9 Å². The smallest absolute Gasteiger partial charge is 0.240 e. The number of hydrogen-bond donors (Lipinski definition) is 1. The fraction of sp³-hybridized carbons (Fsp3) is 0.667. The molecule has 1 aromatic heterocycles. The molecule has 5 nitrogen and oxygen atoms in total. The van der Waals surface area contributed by atoms with Crippen LogP contribution in [0.4, 0.5) is 0 Å². The van der Waals surface area contributed by atoms with E-state index in [0.717, 1.165) is 6.54 Å². The molecular weight excluding hydrogens is 322 g/mol. The summed E-state index contributed by atoms with van der Waals surface area (Å²) < 4.78 is 0. The lowest BCUT2D eigenvalue weighted by Gasteiger charge is -2.28. The fourth-order valence-electron chi connectivity index (χ4n) is 2.23. The Labute approximate surface area is 150 Å². The van der Waals surface area contributed by atoms with Gasteiger partial charge in [-0.1, -0.05) is 0 Å². The number of thiophene rings is 1. The van der Waals surface area contributed by atoms with E-state index in [2.05, 4.69) is 42.4 Å². The van der Waals surface area contributed by atoms with Crippen molar-refractivity contribution in [1.29, 1.82) is 0 Å². The van der Waals surface area contributed by atoms with Gasteiger partial charge in [0.05, 0.1) is 13.1 Å². The molecule has 0 unspecified atom stereocenters. The lowest BCUT2D eigenvalue weighted by molar-refractivity contribution is -0.136. The number of amides is 2. The molecule has 0 spiro atoms. The van der Waals surface area contributed by atoms with Crippen LogP contribution in [0.15, 0.2) is 11.4 Å². The molecule has 1 heterocycles. The van der Waals surface area contributed by atoms with E-state index in [1.165, 1.54) is 15.3 Å². The summed E-state index contributed by atoms with van der Waals surface area (Å²) in [6, 6.07) is 2.36. The summed E-state index contributed by atoms with van der Waals surface area (Å²) in [7, 11) is 1.68. The Bertz CT molecular complexity index is 561. The molecule has 0 aliphatic carbocycles. The molecule has 24 heavy (non-hydrogen) atoms. The van der Waals surface area contributed by atoms with Gasteiger partial charge >= 0.3 is 0 Å². The van der Waals surface area contributed by atoms with Crippen LogP contribution in [0.1, 0.15) is 45.1 Å². The van der Waals surface area contributed by atoms with Crippen LogP contribution >= 0.6 is 11.3 Å². The third-order valence-corrected chi connectivity index (χ3v) is 4.71. The van der Waals surface area contributed by atoms with Crippen LogP contribution in [-0.4, -0.2) is 53.3 Å². The zero-order valence-corrected chi connectivity index (χ0v) is 16.8. The van der Waals surface area contributed by atoms with E-state index in [9.17, 15) is 9.59 Å². The first-order valence-corrected chi connectivity index (χ1v) is 9.19. The maximum Gasteiger partial charge on any atom is 0.240 e. The Morgan fingerprint density at radius 2 is 1.88 bits per heavy atom. The van der Waals surface area contributed by atoms with Gasteiger partial charge in [-0.25, -0.2) is 0 Å². The van der Waals surface area contributed by atoms with Gasteiger partial charge in [-0.3, -0.25) is 14.5 Å². The molecule has 0 bridgehead atoms. The molecule has 1 rings (SSSR count). The summed E-state index contributed by atoms with van der Waals surface area (Å²) in [6.07, 6.45) is 0. The molecule has 0 saturated heterocycles. The molecule has 0 aliphatic heterocycles. The van der Waals surface area contributed by atoms with Gasteiger partial charge in [0, 0.05) is 30.1 Å². The van der Waals surface area contributed by atoms with Gasteiger partial charge in [0.25, 0.3) is 0 Å². The summed E-state index contributed by atoms with van der Waals surface area (Å²) >= 11 is 1.72. The molecule has 0 aromatic carbocycles. The SMILES string of the molecule is Cc1ccsc1CN(CC(=O)N(C)CC(=O)NC(C)(C)C)C(C)C. The lowest BCUT2D eigenvalue weighted by Crippen LogP contribution is -2.48. The number of nitrogens with zero attached hydrogens (tertiary/aromatic N) is 2. The summed E-state index contributed by atoms with van der Waals surface area (Å²) in [5.74, 6) is -0.175. The average Bonchev–Trinajstić information content (AvgIpc) is 2.80. The van der Waals surface area contributed by atoms with E-state index >= 15 is 0 Å². The minimum atomic E-state index is -0.290. The van der Waals surface area contributed by atoms with Gasteiger partial charge in [-0.15, -0.1) is 11.3 Å². The fourth-order valence-corrected chi connectivity index (χ4v) is 3.16. The van der Waals surface area contributed by atoms with Gasteiger partial charge in [-0.05, 0) is 58.6 Å². The Kier molecular flexibility index (Phi) is 7.42. The van der Waals surface area contributed by atoms with Gasteiger partial charge < -0.3 is 10.2 Å². The van der Waals surface area contributed by atoms with Gasteiger partial charge in [0.1, 0.15) is 0 Å². The van der Waals surface area contributed by atoms with Crippen molar-refractivity contribution < 1.29 is 9.59 Å². The monoisotopic (exact) mass is 353 g/mol. The Morgan fingerprint density at radius 1 is 1.25 bits per heavy atom. The van der Waals surface area contributed by atoms with Crippen LogP contribution in [0.2, 0.25) is 0 Å². The van der Waals surface area contributed by atoms with Crippen molar-refractivity contribution in [2.75, 3.05) is 20.1 Å². The molecular formula is C18H31N3O2S.